The summed E-state index contributed by atoms with van der Waals surface area (Å²) in [7, 11) is 0.673. The number of allylic oxidation sites excluding steroid dienone is 1. The molecule has 1 heteroatoms. The molecule has 0 bridgehead atoms. The first-order valence-electron chi connectivity index (χ1n) is 1.81. The van der Waals surface area contributed by atoms with Crippen LogP contribution in [0, 0.1) is 0 Å². The van der Waals surface area contributed by atoms with Crippen molar-refractivity contribution in [3.8, 4) is 0 Å². The fraction of sp³-hybridized carbons (Fsp3) is 0.200. The second-order valence-corrected chi connectivity index (χ2v) is 1.77. The average molecular weight is 95.2 g/mol. The van der Waals surface area contributed by atoms with E-state index in [-0.39, 0.29) is 0 Å². The van der Waals surface area contributed by atoms with Crippen LogP contribution in [0.2, 0.25) is 0 Å². The van der Waals surface area contributed by atoms with Crippen LogP contribution in [0.4, 0.5) is 0 Å². The van der Waals surface area contributed by atoms with Crippen LogP contribution in [0.1, 0.15) is 6.92 Å². The van der Waals surface area contributed by atoms with Gasteiger partial charge in [-0.3, -0.25) is 0 Å². The minimum atomic E-state index is 0.673. The van der Waals surface area contributed by atoms with E-state index in [0.717, 1.165) is 0 Å². The first-order valence-corrected chi connectivity index (χ1v) is 2.89. The zero-order valence-corrected chi connectivity index (χ0v) is 4.86. The summed E-state index contributed by atoms with van der Waals surface area (Å²) in [6.07, 6.45) is 1.90. The lowest BCUT2D eigenvalue weighted by molar-refractivity contribution is 1.84. The van der Waals surface area contributed by atoms with Crippen LogP contribution in [0.25, 0.3) is 0 Å². The van der Waals surface area contributed by atoms with Crippen LogP contribution in [-0.2, 0) is 0 Å². The Morgan fingerprint density at radius 1 is 1.83 bits per heavy atom. The largest absolute Gasteiger partial charge is 0.155 e. The average Bonchev–Trinajstić information content (AvgIpc) is 1.61. The van der Waals surface area contributed by atoms with Crippen molar-refractivity contribution in [2.45, 2.75) is 6.92 Å². The smallest absolute Gasteiger partial charge is 0.113 e. The molecule has 0 aromatic carbocycles. The molecule has 0 aliphatic heterocycles. The molecular weight excluding hydrogens is 88.1 g/mol. The van der Waals surface area contributed by atoms with Crippen LogP contribution < -0.4 is 0 Å². The van der Waals surface area contributed by atoms with Gasteiger partial charge in [-0.05, 0) is 6.92 Å². The Morgan fingerprint density at radius 2 is 2.50 bits per heavy atom. The Kier molecular flexibility index (Phi) is 4.31. The van der Waals surface area contributed by atoms with Crippen molar-refractivity contribution in [2.24, 2.45) is 0 Å². The van der Waals surface area contributed by atoms with E-state index >= 15 is 0 Å². The molecule has 0 amide bonds. The molecule has 0 nitrogen and oxygen atoms in total. The van der Waals surface area contributed by atoms with Crippen LogP contribution in [0.3, 0.4) is 0 Å². The maximum absolute atomic E-state index is 3.53. The second-order valence-electron chi connectivity index (χ2n) is 0.781. The van der Waals surface area contributed by atoms with Gasteiger partial charge in [-0.2, -0.15) is 5.33 Å². The van der Waals surface area contributed by atoms with Gasteiger partial charge in [0, 0.05) is 0 Å². The van der Waals surface area contributed by atoms with E-state index in [0.29, 0.717) is 9.13 Å². The Morgan fingerprint density at radius 3 is 2.67 bits per heavy atom. The van der Waals surface area contributed by atoms with Crippen LogP contribution >= 0.6 is 0 Å². The van der Waals surface area contributed by atoms with Crippen LogP contribution in [-0.4, -0.2) is 14.5 Å². The molecule has 6 heavy (non-hydrogen) atoms. The van der Waals surface area contributed by atoms with E-state index in [1.54, 1.807) is 0 Å². The fourth-order valence-corrected chi connectivity index (χ4v) is 0.427. The topological polar surface area (TPSA) is 0 Å². The molecule has 0 aromatic heterocycles. The molecule has 0 aliphatic carbocycles. The van der Waals surface area contributed by atoms with Gasteiger partial charge in [0.1, 0.15) is 9.13 Å². The maximum Gasteiger partial charge on any atom is 0.113 e. The van der Waals surface area contributed by atoms with Gasteiger partial charge in [0.15, 0.2) is 0 Å². The third-order valence-corrected chi connectivity index (χ3v) is 0.989. The number of hydrogen-bond donors (Lipinski definition) is 0. The molecule has 0 rings (SSSR count). The molecule has 0 fully saturated rings. The molecule has 0 saturated carbocycles. The number of hydrogen-bond acceptors (Lipinski definition) is 0. The first kappa shape index (κ1) is 5.61. The Balaban J connectivity index is 3.46. The normalized spacial score (nSPS) is 5.50. The van der Waals surface area contributed by atoms with Crippen LogP contribution in [0.15, 0.2) is 18.4 Å². The first-order chi connectivity index (χ1) is 2.91. The van der Waals surface area contributed by atoms with E-state index in [2.05, 4.69) is 11.9 Å². The lowest BCUT2D eigenvalue weighted by atomic mass is 10.8. The van der Waals surface area contributed by atoms with Gasteiger partial charge in [-0.1, -0.05) is 11.8 Å². The molecule has 31 valence electrons. The lowest BCUT2D eigenvalue weighted by Gasteiger charge is -1.51. The van der Waals surface area contributed by atoms with Crippen LogP contribution in [0.5, 0.6) is 0 Å². The highest BCUT2D eigenvalue weighted by atomic mass is 28.2. The summed E-state index contributed by atoms with van der Waals surface area (Å²) in [6.45, 7) is 5.48. The SMILES string of the molecule is C=C[Si]=C=CC. The molecule has 0 atom stereocenters. The van der Waals surface area contributed by atoms with E-state index < -0.39 is 0 Å². The highest BCUT2D eigenvalue weighted by Crippen LogP contribution is 1.44. The van der Waals surface area contributed by atoms with Crippen molar-refractivity contribution in [1.29, 1.82) is 0 Å². The predicted octanol–water partition coefficient (Wildman–Crippen LogP) is 0.811. The van der Waals surface area contributed by atoms with Crippen molar-refractivity contribution < 1.29 is 0 Å². The molecule has 0 aromatic rings. The van der Waals surface area contributed by atoms with Gasteiger partial charge in [0.05, 0.1) is 0 Å². The van der Waals surface area contributed by atoms with Gasteiger partial charge < -0.3 is 0 Å². The lowest BCUT2D eigenvalue weighted by Crippen LogP contribution is -1.61. The van der Waals surface area contributed by atoms with Gasteiger partial charge in [-0.25, -0.2) is 0 Å². The van der Waals surface area contributed by atoms with Gasteiger partial charge >= 0.3 is 0 Å². The summed E-state index contributed by atoms with van der Waals surface area (Å²) in [5.41, 5.74) is 1.85. The molecule has 0 unspecified atom stereocenters. The Hall–Kier alpha value is -0.393. The zero-order valence-electron chi connectivity index (χ0n) is 3.86. The molecular formula is C5H7Si. The summed E-state index contributed by atoms with van der Waals surface area (Å²) >= 11 is 0. The Bertz CT molecular complexity index is 86.1. The highest BCUT2D eigenvalue weighted by molar-refractivity contribution is 6.49. The number of rotatable bonds is 1. The minimum Gasteiger partial charge on any atom is -0.155 e. The third kappa shape index (κ3) is 3.61. The Labute approximate surface area is 40.6 Å². The van der Waals surface area contributed by atoms with Crippen molar-refractivity contribution in [2.75, 3.05) is 0 Å². The monoisotopic (exact) mass is 95.0 g/mol. The highest BCUT2D eigenvalue weighted by Gasteiger charge is 1.45. The predicted molar refractivity (Wildman–Crippen MR) is 31.2 cm³/mol. The molecule has 0 aliphatic rings. The van der Waals surface area contributed by atoms with Gasteiger partial charge in [-0.15, -0.1) is 6.58 Å². The van der Waals surface area contributed by atoms with E-state index in [4.69, 9.17) is 0 Å². The quantitative estimate of drug-likeness (QED) is 0.423. The van der Waals surface area contributed by atoms with E-state index in [1.165, 1.54) is 0 Å². The molecule has 1 radical (unpaired) electrons. The summed E-state index contributed by atoms with van der Waals surface area (Å²) < 4.78 is 0. The molecule has 0 heterocycles. The summed E-state index contributed by atoms with van der Waals surface area (Å²) in [6, 6.07) is 0. The summed E-state index contributed by atoms with van der Waals surface area (Å²) in [4.78, 5) is 0. The van der Waals surface area contributed by atoms with Crippen molar-refractivity contribution in [1.82, 2.24) is 0 Å². The molecule has 0 N–H and O–H groups in total. The van der Waals surface area contributed by atoms with Crippen molar-refractivity contribution >= 4 is 14.5 Å². The standard InChI is InChI=1S/C5H7Si/c1-3-5-6-4-2/h3-4H,2H2,1H3. The van der Waals surface area contributed by atoms with E-state index in [9.17, 15) is 0 Å². The van der Waals surface area contributed by atoms with Crippen molar-refractivity contribution in [3.05, 3.63) is 18.4 Å². The van der Waals surface area contributed by atoms with Crippen molar-refractivity contribution in [3.63, 3.8) is 0 Å². The molecule has 0 saturated heterocycles. The summed E-state index contributed by atoms with van der Waals surface area (Å²) in [5, 5.41) is 2.98. The van der Waals surface area contributed by atoms with Gasteiger partial charge in [0.2, 0.25) is 0 Å². The third-order valence-electron chi connectivity index (χ3n) is 0.330. The zero-order chi connectivity index (χ0) is 4.83. The fourth-order valence-electron chi connectivity index (χ4n) is 0.142. The summed E-state index contributed by atoms with van der Waals surface area (Å²) in [5.74, 6) is 0. The van der Waals surface area contributed by atoms with E-state index in [1.807, 2.05) is 18.7 Å². The minimum absolute atomic E-state index is 0.673. The van der Waals surface area contributed by atoms with Gasteiger partial charge in [0.25, 0.3) is 0 Å². The second kappa shape index (κ2) is 4.61. The molecule has 0 spiro atoms. The maximum atomic E-state index is 3.53.